The number of benzene rings is 1. The summed E-state index contributed by atoms with van der Waals surface area (Å²) >= 11 is 12.2. The van der Waals surface area contributed by atoms with Gasteiger partial charge >= 0.3 is 0 Å². The summed E-state index contributed by atoms with van der Waals surface area (Å²) in [6, 6.07) is 5.91. The molecule has 1 N–H and O–H groups in total. The first-order valence-corrected chi connectivity index (χ1v) is 7.10. The highest BCUT2D eigenvalue weighted by molar-refractivity contribution is 6.33. The van der Waals surface area contributed by atoms with Crippen molar-refractivity contribution in [3.05, 3.63) is 33.8 Å². The van der Waals surface area contributed by atoms with Crippen LogP contribution in [0, 0.1) is 5.92 Å². The minimum atomic E-state index is 0.265. The van der Waals surface area contributed by atoms with Crippen LogP contribution in [0.2, 0.25) is 10.0 Å². The van der Waals surface area contributed by atoms with Crippen molar-refractivity contribution in [3.8, 4) is 0 Å². The molecule has 1 aliphatic rings. The molecule has 0 spiro atoms. The fourth-order valence-corrected chi connectivity index (χ4v) is 2.70. The van der Waals surface area contributed by atoms with E-state index >= 15 is 0 Å². The van der Waals surface area contributed by atoms with E-state index in [-0.39, 0.29) is 6.04 Å². The van der Waals surface area contributed by atoms with Gasteiger partial charge in [-0.05, 0) is 49.6 Å². The van der Waals surface area contributed by atoms with Gasteiger partial charge in [-0.15, -0.1) is 0 Å². The Bertz CT molecular complexity index is 374. The molecule has 1 unspecified atom stereocenters. The average molecular weight is 272 g/mol. The molecule has 1 saturated carbocycles. The second-order valence-corrected chi connectivity index (χ2v) is 5.77. The zero-order valence-electron chi connectivity index (χ0n) is 10.2. The zero-order valence-corrected chi connectivity index (χ0v) is 11.7. The van der Waals surface area contributed by atoms with Crippen molar-refractivity contribution in [2.24, 2.45) is 5.92 Å². The summed E-state index contributed by atoms with van der Waals surface area (Å²) in [6.07, 6.45) is 5.52. The van der Waals surface area contributed by atoms with Crippen LogP contribution in [0.1, 0.15) is 44.2 Å². The van der Waals surface area contributed by atoms with Gasteiger partial charge < -0.3 is 5.32 Å². The first-order valence-electron chi connectivity index (χ1n) is 6.35. The molecule has 1 atom stereocenters. The van der Waals surface area contributed by atoms with Crippen molar-refractivity contribution in [1.82, 2.24) is 5.32 Å². The van der Waals surface area contributed by atoms with Gasteiger partial charge in [0.05, 0.1) is 0 Å². The maximum atomic E-state index is 6.17. The Balaban J connectivity index is 1.85. The Kier molecular flexibility index (Phi) is 4.72. The molecule has 1 nitrogen and oxygen atoms in total. The van der Waals surface area contributed by atoms with Gasteiger partial charge in [0.15, 0.2) is 0 Å². The zero-order chi connectivity index (χ0) is 12.3. The molecule has 2 rings (SSSR count). The molecular weight excluding hydrogens is 253 g/mol. The van der Waals surface area contributed by atoms with Crippen molar-refractivity contribution >= 4 is 23.2 Å². The highest BCUT2D eigenvalue weighted by Gasteiger charge is 2.17. The van der Waals surface area contributed by atoms with Gasteiger partial charge in [0, 0.05) is 16.1 Å². The third-order valence-electron chi connectivity index (χ3n) is 3.65. The largest absolute Gasteiger partial charge is 0.310 e. The summed E-state index contributed by atoms with van der Waals surface area (Å²) in [4.78, 5) is 0. The van der Waals surface area contributed by atoms with Crippen LogP contribution < -0.4 is 5.32 Å². The Hall–Kier alpha value is -0.240. The normalized spacial score (nSPS) is 17.8. The summed E-state index contributed by atoms with van der Waals surface area (Å²) in [5, 5.41) is 5.06. The molecule has 17 heavy (non-hydrogen) atoms. The molecular formula is C14H19Cl2N. The van der Waals surface area contributed by atoms with Crippen LogP contribution in [0.3, 0.4) is 0 Å². The molecule has 0 aliphatic heterocycles. The lowest BCUT2D eigenvalue weighted by molar-refractivity contribution is 0.288. The first-order chi connectivity index (χ1) is 8.16. The van der Waals surface area contributed by atoms with E-state index in [2.05, 4.69) is 12.2 Å². The predicted octanol–water partition coefficient (Wildman–Crippen LogP) is 4.83. The highest BCUT2D eigenvalue weighted by Crippen LogP contribution is 2.30. The molecule has 1 aromatic carbocycles. The fourth-order valence-electron chi connectivity index (χ4n) is 2.24. The summed E-state index contributed by atoms with van der Waals surface area (Å²) in [5.41, 5.74) is 1.09. The summed E-state index contributed by atoms with van der Waals surface area (Å²) in [5.74, 6) is 0.949. The third kappa shape index (κ3) is 3.61. The lowest BCUT2D eigenvalue weighted by Gasteiger charge is -2.26. The summed E-state index contributed by atoms with van der Waals surface area (Å²) in [7, 11) is 0. The SMILES string of the molecule is CC(NCCC1CCC1)c1cc(Cl)ccc1Cl. The van der Waals surface area contributed by atoms with Crippen LogP contribution in [-0.2, 0) is 0 Å². The van der Waals surface area contributed by atoms with E-state index in [4.69, 9.17) is 23.2 Å². The van der Waals surface area contributed by atoms with Gasteiger partial charge in [-0.25, -0.2) is 0 Å². The van der Waals surface area contributed by atoms with Crippen molar-refractivity contribution < 1.29 is 0 Å². The summed E-state index contributed by atoms with van der Waals surface area (Å²) < 4.78 is 0. The average Bonchev–Trinajstić information content (AvgIpc) is 2.25. The van der Waals surface area contributed by atoms with Crippen molar-refractivity contribution in [3.63, 3.8) is 0 Å². The maximum absolute atomic E-state index is 6.17. The minimum Gasteiger partial charge on any atom is -0.310 e. The van der Waals surface area contributed by atoms with E-state index in [1.54, 1.807) is 0 Å². The van der Waals surface area contributed by atoms with Gasteiger partial charge in [-0.1, -0.05) is 42.5 Å². The Morgan fingerprint density at radius 2 is 2.12 bits per heavy atom. The van der Waals surface area contributed by atoms with Crippen LogP contribution in [-0.4, -0.2) is 6.54 Å². The lowest BCUT2D eigenvalue weighted by atomic mass is 9.83. The van der Waals surface area contributed by atoms with Gasteiger partial charge in [0.25, 0.3) is 0 Å². The van der Waals surface area contributed by atoms with Gasteiger partial charge in [-0.3, -0.25) is 0 Å². The van der Waals surface area contributed by atoms with Crippen LogP contribution in [0.4, 0.5) is 0 Å². The van der Waals surface area contributed by atoms with Crippen LogP contribution in [0.15, 0.2) is 18.2 Å². The van der Waals surface area contributed by atoms with Crippen molar-refractivity contribution in [1.29, 1.82) is 0 Å². The standard InChI is InChI=1S/C14H19Cl2N/c1-10(17-8-7-11-3-2-4-11)13-9-12(15)5-6-14(13)16/h5-6,9-11,17H,2-4,7-8H2,1H3. The van der Waals surface area contributed by atoms with Crippen LogP contribution >= 0.6 is 23.2 Å². The predicted molar refractivity (Wildman–Crippen MR) is 74.8 cm³/mol. The minimum absolute atomic E-state index is 0.265. The molecule has 1 aliphatic carbocycles. The number of hydrogen-bond donors (Lipinski definition) is 1. The van der Waals surface area contributed by atoms with Crippen molar-refractivity contribution in [2.75, 3.05) is 6.54 Å². The molecule has 94 valence electrons. The van der Waals surface area contributed by atoms with E-state index in [1.165, 1.54) is 25.7 Å². The summed E-state index contributed by atoms with van der Waals surface area (Å²) in [6.45, 7) is 3.20. The number of rotatable bonds is 5. The fraction of sp³-hybridized carbons (Fsp3) is 0.571. The Labute approximate surface area is 114 Å². The maximum Gasteiger partial charge on any atom is 0.0454 e. The Morgan fingerprint density at radius 1 is 1.35 bits per heavy atom. The smallest absolute Gasteiger partial charge is 0.0454 e. The van der Waals surface area contributed by atoms with E-state index < -0.39 is 0 Å². The monoisotopic (exact) mass is 271 g/mol. The topological polar surface area (TPSA) is 12.0 Å². The molecule has 0 radical (unpaired) electrons. The third-order valence-corrected chi connectivity index (χ3v) is 4.23. The molecule has 3 heteroatoms. The molecule has 0 heterocycles. The quantitative estimate of drug-likeness (QED) is 0.809. The van der Waals surface area contributed by atoms with Crippen molar-refractivity contribution in [2.45, 2.75) is 38.6 Å². The van der Waals surface area contributed by atoms with Gasteiger partial charge in [0.2, 0.25) is 0 Å². The highest BCUT2D eigenvalue weighted by atomic mass is 35.5. The second-order valence-electron chi connectivity index (χ2n) is 4.93. The molecule has 1 aromatic rings. The molecule has 0 saturated heterocycles. The van der Waals surface area contributed by atoms with E-state index in [0.717, 1.165) is 28.1 Å². The second kappa shape index (κ2) is 6.08. The van der Waals surface area contributed by atoms with Gasteiger partial charge in [0.1, 0.15) is 0 Å². The van der Waals surface area contributed by atoms with Gasteiger partial charge in [-0.2, -0.15) is 0 Å². The van der Waals surface area contributed by atoms with Crippen LogP contribution in [0.25, 0.3) is 0 Å². The number of nitrogens with one attached hydrogen (secondary N) is 1. The van der Waals surface area contributed by atoms with E-state index in [9.17, 15) is 0 Å². The number of halogens is 2. The van der Waals surface area contributed by atoms with Crippen LogP contribution in [0.5, 0.6) is 0 Å². The van der Waals surface area contributed by atoms with E-state index in [0.29, 0.717) is 0 Å². The Morgan fingerprint density at radius 3 is 2.76 bits per heavy atom. The first kappa shape index (κ1) is 13.2. The molecule has 1 fully saturated rings. The molecule has 0 bridgehead atoms. The molecule has 0 aromatic heterocycles. The van der Waals surface area contributed by atoms with E-state index in [1.807, 2.05) is 18.2 Å². The number of hydrogen-bond acceptors (Lipinski definition) is 1. The lowest BCUT2D eigenvalue weighted by Crippen LogP contribution is -2.24. The molecule has 0 amide bonds.